The van der Waals surface area contributed by atoms with Gasteiger partial charge in [0, 0.05) is 5.02 Å². The van der Waals surface area contributed by atoms with Crippen LogP contribution < -0.4 is 0 Å². The van der Waals surface area contributed by atoms with Crippen molar-refractivity contribution in [2.75, 3.05) is 5.33 Å². The van der Waals surface area contributed by atoms with Gasteiger partial charge < -0.3 is 0 Å². The van der Waals surface area contributed by atoms with Crippen LogP contribution in [0.5, 0.6) is 0 Å². The van der Waals surface area contributed by atoms with E-state index in [0.29, 0.717) is 5.02 Å². The van der Waals surface area contributed by atoms with Gasteiger partial charge >= 0.3 is 0 Å². The van der Waals surface area contributed by atoms with Gasteiger partial charge in [0.1, 0.15) is 5.82 Å². The first-order valence-corrected chi connectivity index (χ1v) is 5.59. The summed E-state index contributed by atoms with van der Waals surface area (Å²) in [6.07, 6.45) is 0. The van der Waals surface area contributed by atoms with Crippen molar-refractivity contribution in [3.63, 3.8) is 0 Å². The van der Waals surface area contributed by atoms with E-state index in [2.05, 4.69) is 31.9 Å². The lowest BCUT2D eigenvalue weighted by molar-refractivity contribution is 0.102. The van der Waals surface area contributed by atoms with Gasteiger partial charge in [-0.3, -0.25) is 4.79 Å². The van der Waals surface area contributed by atoms with Gasteiger partial charge in [-0.1, -0.05) is 27.5 Å². The van der Waals surface area contributed by atoms with Crippen LogP contribution in [0.2, 0.25) is 5.02 Å². The van der Waals surface area contributed by atoms with Crippen molar-refractivity contribution in [3.8, 4) is 0 Å². The Morgan fingerprint density at radius 3 is 2.69 bits per heavy atom. The first kappa shape index (κ1) is 11.1. The third-order valence-corrected chi connectivity index (χ3v) is 2.72. The quantitative estimate of drug-likeness (QED) is 0.458. The second-order valence-corrected chi connectivity index (χ2v) is 4.16. The fourth-order valence-electron chi connectivity index (χ4n) is 0.831. The van der Waals surface area contributed by atoms with Gasteiger partial charge in [0.05, 0.1) is 15.4 Å². The monoisotopic (exact) mass is 328 g/mol. The molecule has 0 fully saturated rings. The average Bonchev–Trinajstić information content (AvgIpc) is 2.10. The minimum atomic E-state index is -0.575. The molecule has 1 nitrogen and oxygen atoms in total. The fraction of sp³-hybridized carbons (Fsp3) is 0.125. The van der Waals surface area contributed by atoms with Crippen LogP contribution in [0.15, 0.2) is 16.6 Å². The van der Waals surface area contributed by atoms with Gasteiger partial charge in [0.25, 0.3) is 0 Å². The van der Waals surface area contributed by atoms with Gasteiger partial charge in [-0.2, -0.15) is 0 Å². The summed E-state index contributed by atoms with van der Waals surface area (Å²) in [4.78, 5) is 11.2. The Morgan fingerprint density at radius 1 is 1.54 bits per heavy atom. The van der Waals surface area contributed by atoms with E-state index in [0.717, 1.165) is 0 Å². The van der Waals surface area contributed by atoms with Crippen LogP contribution in [0.4, 0.5) is 4.39 Å². The topological polar surface area (TPSA) is 17.1 Å². The SMILES string of the molecule is O=C(CBr)c1cc(Cl)cc(Br)c1F. The Bertz CT molecular complexity index is 354. The molecule has 70 valence electrons. The van der Waals surface area contributed by atoms with Gasteiger partial charge in [0.2, 0.25) is 0 Å². The molecule has 1 aromatic rings. The minimum absolute atomic E-state index is 0.00347. The van der Waals surface area contributed by atoms with E-state index >= 15 is 0 Å². The van der Waals surface area contributed by atoms with Crippen LogP contribution in [0, 0.1) is 5.82 Å². The Labute approximate surface area is 96.5 Å². The lowest BCUT2D eigenvalue weighted by Gasteiger charge is -2.02. The first-order chi connectivity index (χ1) is 6.06. The van der Waals surface area contributed by atoms with Crippen molar-refractivity contribution in [1.82, 2.24) is 0 Å². The van der Waals surface area contributed by atoms with Gasteiger partial charge in [-0.25, -0.2) is 4.39 Å². The number of carbonyl (C=O) groups is 1. The number of hydrogen-bond acceptors (Lipinski definition) is 1. The van der Waals surface area contributed by atoms with Crippen molar-refractivity contribution in [2.45, 2.75) is 0 Å². The maximum absolute atomic E-state index is 13.3. The van der Waals surface area contributed by atoms with E-state index in [9.17, 15) is 9.18 Å². The maximum Gasteiger partial charge on any atom is 0.176 e. The largest absolute Gasteiger partial charge is 0.293 e. The van der Waals surface area contributed by atoms with E-state index < -0.39 is 5.82 Å². The molecule has 0 radical (unpaired) electrons. The molecule has 0 N–H and O–H groups in total. The smallest absolute Gasteiger partial charge is 0.176 e. The lowest BCUT2D eigenvalue weighted by atomic mass is 10.1. The van der Waals surface area contributed by atoms with Crippen molar-refractivity contribution >= 4 is 49.2 Å². The predicted octanol–water partition coefficient (Wildman–Crippen LogP) is 3.82. The number of Topliss-reactive ketones (excluding diaryl/α,β-unsaturated/α-hetero) is 1. The Kier molecular flexibility index (Phi) is 3.88. The minimum Gasteiger partial charge on any atom is -0.293 e. The molecule has 1 aromatic carbocycles. The van der Waals surface area contributed by atoms with E-state index in [4.69, 9.17) is 11.6 Å². The molecule has 5 heteroatoms. The molecule has 0 aliphatic rings. The van der Waals surface area contributed by atoms with Crippen LogP contribution in [0.25, 0.3) is 0 Å². The third-order valence-electron chi connectivity index (χ3n) is 1.41. The molecule has 0 aliphatic carbocycles. The Hall–Kier alpha value is 0.0700. The second kappa shape index (κ2) is 4.53. The molecule has 0 heterocycles. The van der Waals surface area contributed by atoms with Crippen LogP contribution in [-0.4, -0.2) is 11.1 Å². The third kappa shape index (κ3) is 2.51. The Morgan fingerprint density at radius 2 is 2.15 bits per heavy atom. The lowest BCUT2D eigenvalue weighted by Crippen LogP contribution is -2.03. The molecular formula is C8H4Br2ClFO. The van der Waals surface area contributed by atoms with Gasteiger partial charge in [-0.15, -0.1) is 0 Å². The summed E-state index contributed by atoms with van der Waals surface area (Å²) in [7, 11) is 0. The fourth-order valence-corrected chi connectivity index (χ4v) is 1.94. The van der Waals surface area contributed by atoms with Crippen molar-refractivity contribution in [3.05, 3.63) is 33.0 Å². The molecule has 0 atom stereocenters. The van der Waals surface area contributed by atoms with Crippen LogP contribution >= 0.6 is 43.5 Å². The standard InChI is InChI=1S/C8H4Br2ClFO/c9-3-7(13)5-1-4(11)2-6(10)8(5)12/h1-2H,3H2. The second-order valence-electron chi connectivity index (χ2n) is 2.31. The molecule has 0 bridgehead atoms. The molecule has 0 saturated carbocycles. The molecule has 13 heavy (non-hydrogen) atoms. The average molecular weight is 330 g/mol. The normalized spacial score (nSPS) is 10.2. The number of rotatable bonds is 2. The summed E-state index contributed by atoms with van der Waals surface area (Å²) in [6.45, 7) is 0. The molecule has 0 aliphatic heterocycles. The highest BCUT2D eigenvalue weighted by atomic mass is 79.9. The summed E-state index contributed by atoms with van der Waals surface area (Å²) in [6, 6.07) is 2.72. The number of hydrogen-bond donors (Lipinski definition) is 0. The van der Waals surface area contributed by atoms with Crippen LogP contribution in [0.1, 0.15) is 10.4 Å². The zero-order valence-electron chi connectivity index (χ0n) is 6.28. The highest BCUT2D eigenvalue weighted by Gasteiger charge is 2.14. The van der Waals surface area contributed by atoms with Gasteiger partial charge in [0.15, 0.2) is 5.78 Å². The van der Waals surface area contributed by atoms with Crippen molar-refractivity contribution < 1.29 is 9.18 Å². The number of ketones is 1. The highest BCUT2D eigenvalue weighted by molar-refractivity contribution is 9.10. The molecule has 1 rings (SSSR count). The summed E-state index contributed by atoms with van der Waals surface area (Å²) >= 11 is 11.6. The molecule has 0 amide bonds. The maximum atomic E-state index is 13.3. The number of benzene rings is 1. The van der Waals surface area contributed by atoms with Crippen LogP contribution in [-0.2, 0) is 0 Å². The van der Waals surface area contributed by atoms with Gasteiger partial charge in [-0.05, 0) is 28.1 Å². The number of halogens is 4. The predicted molar refractivity (Wildman–Crippen MR) is 57.2 cm³/mol. The van der Waals surface area contributed by atoms with E-state index in [1.807, 2.05) is 0 Å². The van der Waals surface area contributed by atoms with Crippen molar-refractivity contribution in [1.29, 1.82) is 0 Å². The summed E-state index contributed by atoms with van der Waals surface area (Å²) in [5.41, 5.74) is -0.00347. The summed E-state index contributed by atoms with van der Waals surface area (Å²) in [5.74, 6) is -0.908. The van der Waals surface area contributed by atoms with E-state index in [-0.39, 0.29) is 21.1 Å². The molecule has 0 unspecified atom stereocenters. The molecule has 0 aromatic heterocycles. The first-order valence-electron chi connectivity index (χ1n) is 3.30. The van der Waals surface area contributed by atoms with E-state index in [1.165, 1.54) is 12.1 Å². The summed E-state index contributed by atoms with van der Waals surface area (Å²) < 4.78 is 13.5. The van der Waals surface area contributed by atoms with Crippen LogP contribution in [0.3, 0.4) is 0 Å². The van der Waals surface area contributed by atoms with E-state index in [1.54, 1.807) is 0 Å². The number of alkyl halides is 1. The molecule has 0 saturated heterocycles. The summed E-state index contributed by atoms with van der Waals surface area (Å²) in [5, 5.41) is 0.411. The zero-order valence-corrected chi connectivity index (χ0v) is 10.2. The zero-order chi connectivity index (χ0) is 10.0. The Balaban J connectivity index is 3.28. The van der Waals surface area contributed by atoms with Crippen molar-refractivity contribution in [2.24, 2.45) is 0 Å². The molecule has 0 spiro atoms. The number of carbonyl (C=O) groups excluding carboxylic acids is 1. The highest BCUT2D eigenvalue weighted by Crippen LogP contribution is 2.24. The molecular weight excluding hydrogens is 326 g/mol.